The number of esters is 2. The zero-order valence-electron chi connectivity index (χ0n) is 19.6. The van der Waals surface area contributed by atoms with Gasteiger partial charge in [-0.05, 0) is 43.2 Å². The number of ether oxygens (including phenoxy) is 2. The number of aromatic nitrogens is 1. The SMILES string of the molecule is CCOC(=O)C1=C(C)N=c2s/c(=C\C=C\c3ccccc3)c(=O)n2C1c1ccc(OC(C)=O)cc1. The monoisotopic (exact) mass is 488 g/mol. The summed E-state index contributed by atoms with van der Waals surface area (Å²) < 4.78 is 12.4. The van der Waals surface area contributed by atoms with Gasteiger partial charge >= 0.3 is 11.9 Å². The van der Waals surface area contributed by atoms with E-state index in [2.05, 4.69) is 4.99 Å². The van der Waals surface area contributed by atoms with E-state index in [0.717, 1.165) is 5.56 Å². The minimum Gasteiger partial charge on any atom is -0.463 e. The predicted octanol–water partition coefficient (Wildman–Crippen LogP) is 3.39. The molecule has 0 spiro atoms. The topological polar surface area (TPSA) is 87.0 Å². The first-order valence-electron chi connectivity index (χ1n) is 11.1. The quantitative estimate of drug-likeness (QED) is 0.392. The van der Waals surface area contributed by atoms with Crippen molar-refractivity contribution in [2.45, 2.75) is 26.8 Å². The van der Waals surface area contributed by atoms with Crippen molar-refractivity contribution in [2.75, 3.05) is 6.61 Å². The molecule has 35 heavy (non-hydrogen) atoms. The van der Waals surface area contributed by atoms with Crippen molar-refractivity contribution >= 4 is 35.4 Å². The molecule has 1 aromatic heterocycles. The van der Waals surface area contributed by atoms with Gasteiger partial charge in [-0.3, -0.25) is 14.2 Å². The van der Waals surface area contributed by atoms with Gasteiger partial charge in [-0.2, -0.15) is 0 Å². The molecule has 1 unspecified atom stereocenters. The van der Waals surface area contributed by atoms with Gasteiger partial charge in [0, 0.05) is 6.92 Å². The van der Waals surface area contributed by atoms with Gasteiger partial charge in [0.2, 0.25) is 0 Å². The summed E-state index contributed by atoms with van der Waals surface area (Å²) in [6.07, 6.45) is 5.49. The van der Waals surface area contributed by atoms with Gasteiger partial charge in [-0.1, -0.05) is 66.0 Å². The maximum atomic E-state index is 13.5. The van der Waals surface area contributed by atoms with Crippen molar-refractivity contribution in [3.8, 4) is 5.75 Å². The van der Waals surface area contributed by atoms with Crippen molar-refractivity contribution in [3.63, 3.8) is 0 Å². The summed E-state index contributed by atoms with van der Waals surface area (Å²) >= 11 is 1.26. The third-order valence-electron chi connectivity index (χ3n) is 5.31. The Bertz CT molecular complexity index is 1500. The number of hydrogen-bond donors (Lipinski definition) is 0. The lowest BCUT2D eigenvalue weighted by atomic mass is 9.96. The molecule has 2 aromatic carbocycles. The second kappa shape index (κ2) is 10.5. The highest BCUT2D eigenvalue weighted by Gasteiger charge is 2.33. The lowest BCUT2D eigenvalue weighted by Gasteiger charge is -2.24. The molecule has 3 aromatic rings. The van der Waals surface area contributed by atoms with Gasteiger partial charge in [-0.25, -0.2) is 9.79 Å². The molecule has 0 N–H and O–H groups in total. The molecule has 0 saturated carbocycles. The normalized spacial score (nSPS) is 15.6. The highest BCUT2D eigenvalue weighted by molar-refractivity contribution is 7.07. The summed E-state index contributed by atoms with van der Waals surface area (Å²) in [6.45, 7) is 4.98. The number of benzene rings is 2. The third-order valence-corrected chi connectivity index (χ3v) is 6.31. The number of hydrogen-bond acceptors (Lipinski definition) is 7. The Balaban J connectivity index is 1.83. The van der Waals surface area contributed by atoms with Crippen LogP contribution in [-0.2, 0) is 14.3 Å². The molecule has 0 saturated heterocycles. The van der Waals surface area contributed by atoms with Gasteiger partial charge in [0.25, 0.3) is 5.56 Å². The number of carbonyl (C=O) groups excluding carboxylic acids is 2. The Kier molecular flexibility index (Phi) is 7.22. The maximum Gasteiger partial charge on any atom is 0.338 e. The first kappa shape index (κ1) is 24.1. The summed E-state index contributed by atoms with van der Waals surface area (Å²) in [5, 5.41) is 0. The second-order valence-electron chi connectivity index (χ2n) is 7.76. The molecule has 2 heterocycles. The molecule has 0 amide bonds. The molecule has 8 heteroatoms. The van der Waals surface area contributed by atoms with E-state index in [0.29, 0.717) is 31.9 Å². The smallest absolute Gasteiger partial charge is 0.338 e. The summed E-state index contributed by atoms with van der Waals surface area (Å²) in [7, 11) is 0. The van der Waals surface area contributed by atoms with Crippen molar-refractivity contribution in [2.24, 2.45) is 4.99 Å². The second-order valence-corrected chi connectivity index (χ2v) is 8.77. The molecule has 178 valence electrons. The molecule has 1 aliphatic rings. The Labute approximate surface area is 206 Å². The van der Waals surface area contributed by atoms with Crippen LogP contribution < -0.4 is 19.6 Å². The number of nitrogens with zero attached hydrogens (tertiary/aromatic N) is 2. The average Bonchev–Trinajstić information content (AvgIpc) is 3.14. The van der Waals surface area contributed by atoms with Crippen molar-refractivity contribution < 1.29 is 19.1 Å². The molecular formula is C27H24N2O5S. The Hall–Kier alpha value is -4.04. The van der Waals surface area contributed by atoms with Crippen molar-refractivity contribution in [1.82, 2.24) is 4.57 Å². The van der Waals surface area contributed by atoms with E-state index >= 15 is 0 Å². The van der Waals surface area contributed by atoms with Gasteiger partial charge < -0.3 is 9.47 Å². The highest BCUT2D eigenvalue weighted by Crippen LogP contribution is 2.31. The number of fused-ring (bicyclic) bond motifs is 1. The summed E-state index contributed by atoms with van der Waals surface area (Å²) in [5.74, 6) is -0.587. The van der Waals surface area contributed by atoms with Crippen LogP contribution in [0.5, 0.6) is 5.75 Å². The van der Waals surface area contributed by atoms with E-state index in [1.807, 2.05) is 42.5 Å². The zero-order chi connectivity index (χ0) is 24.9. The molecule has 0 aliphatic carbocycles. The fourth-order valence-electron chi connectivity index (χ4n) is 3.82. The van der Waals surface area contributed by atoms with E-state index in [-0.39, 0.29) is 12.2 Å². The summed E-state index contributed by atoms with van der Waals surface area (Å²) in [4.78, 5) is 42.7. The number of carbonyl (C=O) groups is 2. The summed E-state index contributed by atoms with van der Waals surface area (Å²) in [5.41, 5.74) is 2.22. The molecular weight excluding hydrogens is 464 g/mol. The van der Waals surface area contributed by atoms with Crippen LogP contribution in [0, 0.1) is 0 Å². The minimum absolute atomic E-state index is 0.197. The van der Waals surface area contributed by atoms with Crippen LogP contribution in [0.1, 0.15) is 37.9 Å². The van der Waals surface area contributed by atoms with Crippen molar-refractivity contribution in [3.05, 3.63) is 103 Å². The highest BCUT2D eigenvalue weighted by atomic mass is 32.1. The molecule has 1 aliphatic heterocycles. The van der Waals surface area contributed by atoms with Crippen LogP contribution in [0.15, 0.2) is 81.7 Å². The molecule has 4 rings (SSSR count). The molecule has 0 fully saturated rings. The first-order valence-corrected chi connectivity index (χ1v) is 11.9. The Morgan fingerprint density at radius 3 is 2.49 bits per heavy atom. The molecule has 7 nitrogen and oxygen atoms in total. The standard InChI is InChI=1S/C27H24N2O5S/c1-4-33-26(32)23-17(2)28-27-29(24(23)20-13-15-21(16-14-20)34-18(3)30)25(31)22(35-27)12-8-11-19-9-6-5-7-10-19/h5-16,24H,4H2,1-3H3/b11-8+,22-12-. The fourth-order valence-corrected chi connectivity index (χ4v) is 4.81. The summed E-state index contributed by atoms with van der Waals surface area (Å²) in [6, 6.07) is 15.8. The fraction of sp³-hybridized carbons (Fsp3) is 0.185. The first-order chi connectivity index (χ1) is 16.9. The van der Waals surface area contributed by atoms with E-state index in [1.165, 1.54) is 22.8 Å². The van der Waals surface area contributed by atoms with E-state index in [1.54, 1.807) is 44.2 Å². The van der Waals surface area contributed by atoms with Gasteiger partial charge in [0.1, 0.15) is 5.75 Å². The third kappa shape index (κ3) is 5.22. The number of thiazole rings is 1. The Morgan fingerprint density at radius 2 is 1.83 bits per heavy atom. The van der Waals surface area contributed by atoms with Crippen molar-refractivity contribution in [1.29, 1.82) is 0 Å². The van der Waals surface area contributed by atoms with Gasteiger partial charge in [0.05, 0.1) is 28.5 Å². The maximum absolute atomic E-state index is 13.5. The van der Waals surface area contributed by atoms with Crippen LogP contribution in [0.4, 0.5) is 0 Å². The lowest BCUT2D eigenvalue weighted by Crippen LogP contribution is -2.39. The van der Waals surface area contributed by atoms with Gasteiger partial charge in [-0.15, -0.1) is 0 Å². The van der Waals surface area contributed by atoms with E-state index in [9.17, 15) is 14.4 Å². The zero-order valence-corrected chi connectivity index (χ0v) is 20.4. The largest absolute Gasteiger partial charge is 0.463 e. The average molecular weight is 489 g/mol. The van der Waals surface area contributed by atoms with E-state index < -0.39 is 18.0 Å². The predicted molar refractivity (Wildman–Crippen MR) is 135 cm³/mol. The molecule has 0 bridgehead atoms. The van der Waals surface area contributed by atoms with Crippen LogP contribution in [-0.4, -0.2) is 23.1 Å². The van der Waals surface area contributed by atoms with Gasteiger partial charge in [0.15, 0.2) is 4.80 Å². The molecule has 1 atom stereocenters. The number of allylic oxidation sites excluding steroid dienone is 2. The minimum atomic E-state index is -0.725. The Morgan fingerprint density at radius 1 is 1.11 bits per heavy atom. The number of rotatable bonds is 6. The van der Waals surface area contributed by atoms with E-state index in [4.69, 9.17) is 9.47 Å². The molecule has 0 radical (unpaired) electrons. The van der Waals surface area contributed by atoms with Crippen LogP contribution >= 0.6 is 11.3 Å². The van der Waals surface area contributed by atoms with Crippen LogP contribution in [0.25, 0.3) is 12.2 Å². The lowest BCUT2D eigenvalue weighted by molar-refractivity contribution is -0.139. The van der Waals surface area contributed by atoms with Crippen LogP contribution in [0.2, 0.25) is 0 Å². The van der Waals surface area contributed by atoms with Crippen LogP contribution in [0.3, 0.4) is 0 Å².